The molecule has 8 heteroatoms. The van der Waals surface area contributed by atoms with Crippen molar-refractivity contribution in [2.45, 2.75) is 0 Å². The van der Waals surface area contributed by atoms with Crippen molar-refractivity contribution in [2.24, 2.45) is 0 Å². The summed E-state index contributed by atoms with van der Waals surface area (Å²) in [4.78, 5) is 12.4. The number of aromatic nitrogens is 2. The number of nitrogens with one attached hydrogen (secondary N) is 2. The SMILES string of the molecule is COc1cc(OC)cc(C(=O)Nc2ccc(Nc3ccc(F)cc3)nn2)c1. The third-order valence-corrected chi connectivity index (χ3v) is 3.64. The molecule has 0 aliphatic heterocycles. The molecule has 0 saturated carbocycles. The van der Waals surface area contributed by atoms with E-state index in [9.17, 15) is 9.18 Å². The summed E-state index contributed by atoms with van der Waals surface area (Å²) in [5.41, 5.74) is 1.03. The summed E-state index contributed by atoms with van der Waals surface area (Å²) in [6.45, 7) is 0. The van der Waals surface area contributed by atoms with Crippen LogP contribution >= 0.6 is 0 Å². The van der Waals surface area contributed by atoms with Crippen molar-refractivity contribution >= 4 is 23.2 Å². The number of hydrogen-bond acceptors (Lipinski definition) is 6. The second-order valence-corrected chi connectivity index (χ2v) is 5.49. The third kappa shape index (κ3) is 4.69. The highest BCUT2D eigenvalue weighted by Gasteiger charge is 2.11. The maximum absolute atomic E-state index is 12.9. The largest absolute Gasteiger partial charge is 0.497 e. The van der Waals surface area contributed by atoms with Crippen molar-refractivity contribution in [3.63, 3.8) is 0 Å². The number of nitrogens with zero attached hydrogens (tertiary/aromatic N) is 2. The van der Waals surface area contributed by atoms with Gasteiger partial charge in [0, 0.05) is 17.3 Å². The van der Waals surface area contributed by atoms with E-state index in [1.54, 1.807) is 42.5 Å². The number of carbonyl (C=O) groups excluding carboxylic acids is 1. The summed E-state index contributed by atoms with van der Waals surface area (Å²) < 4.78 is 23.2. The molecular weight excluding hydrogens is 351 g/mol. The third-order valence-electron chi connectivity index (χ3n) is 3.64. The number of methoxy groups -OCH3 is 2. The molecular formula is C19H17FN4O3. The number of hydrogen-bond donors (Lipinski definition) is 2. The fourth-order valence-electron chi connectivity index (χ4n) is 2.27. The molecule has 3 rings (SSSR count). The average Bonchev–Trinajstić information content (AvgIpc) is 2.70. The van der Waals surface area contributed by atoms with Gasteiger partial charge in [-0.2, -0.15) is 0 Å². The molecule has 0 radical (unpaired) electrons. The number of anilines is 3. The summed E-state index contributed by atoms with van der Waals surface area (Å²) in [5, 5.41) is 13.6. The minimum Gasteiger partial charge on any atom is -0.497 e. The Morgan fingerprint density at radius 1 is 0.889 bits per heavy atom. The number of ether oxygens (including phenoxy) is 2. The predicted molar refractivity (Wildman–Crippen MR) is 99.2 cm³/mol. The maximum Gasteiger partial charge on any atom is 0.257 e. The van der Waals surface area contributed by atoms with Crippen LogP contribution < -0.4 is 20.1 Å². The van der Waals surface area contributed by atoms with Gasteiger partial charge in [-0.25, -0.2) is 4.39 Å². The molecule has 0 aliphatic rings. The van der Waals surface area contributed by atoms with Crippen LogP contribution in [0.15, 0.2) is 54.6 Å². The minimum absolute atomic E-state index is 0.284. The van der Waals surface area contributed by atoms with E-state index in [1.807, 2.05) is 0 Å². The molecule has 1 aromatic heterocycles. The normalized spacial score (nSPS) is 10.2. The van der Waals surface area contributed by atoms with E-state index in [1.165, 1.54) is 26.4 Å². The van der Waals surface area contributed by atoms with Gasteiger partial charge in [0.15, 0.2) is 11.6 Å². The number of rotatable bonds is 6. The molecule has 2 aromatic carbocycles. The first-order chi connectivity index (χ1) is 13.1. The first-order valence-corrected chi connectivity index (χ1v) is 7.98. The molecule has 0 spiro atoms. The summed E-state index contributed by atoms with van der Waals surface area (Å²) in [5.74, 6) is 1.06. The molecule has 0 aliphatic carbocycles. The van der Waals surface area contributed by atoms with Crippen LogP contribution in [0.2, 0.25) is 0 Å². The molecule has 1 heterocycles. The lowest BCUT2D eigenvalue weighted by molar-refractivity contribution is 0.102. The van der Waals surface area contributed by atoms with Crippen molar-refractivity contribution < 1.29 is 18.7 Å². The topological polar surface area (TPSA) is 85.4 Å². The summed E-state index contributed by atoms with van der Waals surface area (Å²) >= 11 is 0. The molecule has 27 heavy (non-hydrogen) atoms. The van der Waals surface area contributed by atoms with E-state index in [2.05, 4.69) is 20.8 Å². The Morgan fingerprint density at radius 3 is 2.04 bits per heavy atom. The van der Waals surface area contributed by atoms with Crippen molar-refractivity contribution in [3.8, 4) is 11.5 Å². The second kappa shape index (κ2) is 8.13. The van der Waals surface area contributed by atoms with Gasteiger partial charge < -0.3 is 20.1 Å². The Kier molecular flexibility index (Phi) is 5.46. The van der Waals surface area contributed by atoms with E-state index in [-0.39, 0.29) is 17.5 Å². The fourth-order valence-corrected chi connectivity index (χ4v) is 2.27. The first-order valence-electron chi connectivity index (χ1n) is 7.98. The van der Waals surface area contributed by atoms with E-state index in [0.717, 1.165) is 0 Å². The average molecular weight is 368 g/mol. The summed E-state index contributed by atoms with van der Waals surface area (Å²) in [6, 6.07) is 14.0. The quantitative estimate of drug-likeness (QED) is 0.691. The zero-order valence-electron chi connectivity index (χ0n) is 14.7. The zero-order valence-corrected chi connectivity index (χ0v) is 14.7. The molecule has 7 nitrogen and oxygen atoms in total. The molecule has 0 saturated heterocycles. The molecule has 0 bridgehead atoms. The van der Waals surface area contributed by atoms with Crippen LogP contribution in [0.1, 0.15) is 10.4 Å². The Balaban J connectivity index is 1.69. The van der Waals surface area contributed by atoms with Gasteiger partial charge in [-0.3, -0.25) is 4.79 Å². The minimum atomic E-state index is -0.374. The molecule has 0 fully saturated rings. The van der Waals surface area contributed by atoms with Gasteiger partial charge >= 0.3 is 0 Å². The highest BCUT2D eigenvalue weighted by atomic mass is 19.1. The van der Waals surface area contributed by atoms with E-state index >= 15 is 0 Å². The lowest BCUT2D eigenvalue weighted by atomic mass is 10.2. The molecule has 1 amide bonds. The van der Waals surface area contributed by atoms with E-state index in [0.29, 0.717) is 28.6 Å². The highest BCUT2D eigenvalue weighted by Crippen LogP contribution is 2.23. The van der Waals surface area contributed by atoms with Crippen molar-refractivity contribution in [2.75, 3.05) is 24.9 Å². The molecule has 3 aromatic rings. The monoisotopic (exact) mass is 368 g/mol. The Labute approximate surface area is 155 Å². The van der Waals surface area contributed by atoms with Crippen LogP contribution in [0.25, 0.3) is 0 Å². The van der Waals surface area contributed by atoms with Crippen LogP contribution in [0.3, 0.4) is 0 Å². The van der Waals surface area contributed by atoms with Gasteiger partial charge in [0.25, 0.3) is 5.91 Å². The molecule has 0 atom stereocenters. The highest BCUT2D eigenvalue weighted by molar-refractivity contribution is 6.04. The van der Waals surface area contributed by atoms with Crippen molar-refractivity contribution in [1.29, 1.82) is 0 Å². The first kappa shape index (κ1) is 18.1. The lowest BCUT2D eigenvalue weighted by Crippen LogP contribution is -2.14. The standard InChI is InChI=1S/C19H17FN4O3/c1-26-15-9-12(10-16(11-15)27-2)19(25)22-18-8-7-17(23-24-18)21-14-5-3-13(20)4-6-14/h3-11H,1-2H3,(H,21,23)(H,22,24,25). The van der Waals surface area contributed by atoms with Crippen molar-refractivity contribution in [1.82, 2.24) is 10.2 Å². The Morgan fingerprint density at radius 2 is 1.48 bits per heavy atom. The summed E-state index contributed by atoms with van der Waals surface area (Å²) in [7, 11) is 3.02. The lowest BCUT2D eigenvalue weighted by Gasteiger charge is -2.09. The summed E-state index contributed by atoms with van der Waals surface area (Å²) in [6.07, 6.45) is 0. The van der Waals surface area contributed by atoms with Crippen LogP contribution in [0, 0.1) is 5.82 Å². The van der Waals surface area contributed by atoms with E-state index < -0.39 is 0 Å². The van der Waals surface area contributed by atoms with Crippen LogP contribution in [-0.2, 0) is 0 Å². The second-order valence-electron chi connectivity index (χ2n) is 5.49. The molecule has 138 valence electrons. The van der Waals surface area contributed by atoms with Gasteiger partial charge in [0.05, 0.1) is 14.2 Å². The van der Waals surface area contributed by atoms with Crippen molar-refractivity contribution in [3.05, 3.63) is 66.0 Å². The van der Waals surface area contributed by atoms with Crippen LogP contribution in [-0.4, -0.2) is 30.3 Å². The van der Waals surface area contributed by atoms with Gasteiger partial charge in [-0.05, 0) is 48.5 Å². The number of amides is 1. The van der Waals surface area contributed by atoms with Gasteiger partial charge in [-0.15, -0.1) is 10.2 Å². The number of benzene rings is 2. The van der Waals surface area contributed by atoms with Gasteiger partial charge in [-0.1, -0.05) is 0 Å². The van der Waals surface area contributed by atoms with Gasteiger partial charge in [0.2, 0.25) is 0 Å². The Hall–Kier alpha value is -3.68. The predicted octanol–water partition coefficient (Wildman–Crippen LogP) is 3.63. The fraction of sp³-hybridized carbons (Fsp3) is 0.105. The number of halogens is 1. The maximum atomic E-state index is 12.9. The molecule has 0 unspecified atom stereocenters. The Bertz CT molecular complexity index is 908. The van der Waals surface area contributed by atoms with Crippen LogP contribution in [0.5, 0.6) is 11.5 Å². The smallest absolute Gasteiger partial charge is 0.257 e. The number of carbonyl (C=O) groups is 1. The van der Waals surface area contributed by atoms with Gasteiger partial charge in [0.1, 0.15) is 17.3 Å². The zero-order chi connectivity index (χ0) is 19.2. The van der Waals surface area contributed by atoms with E-state index in [4.69, 9.17) is 9.47 Å². The molecule has 2 N–H and O–H groups in total. The van der Waals surface area contributed by atoms with Crippen LogP contribution in [0.4, 0.5) is 21.7 Å².